The minimum absolute atomic E-state index is 0.0316. The number of hydrogen-bond acceptors (Lipinski definition) is 5. The van der Waals surface area contributed by atoms with Crippen LogP contribution >= 0.6 is 0 Å². The number of carbonyl (C=O) groups is 1. The molecule has 0 saturated carbocycles. The third-order valence-electron chi connectivity index (χ3n) is 6.02. The van der Waals surface area contributed by atoms with Gasteiger partial charge in [0.15, 0.2) is 0 Å². The number of carbonyl (C=O) groups excluding carboxylic acids is 1. The fourth-order valence-electron chi connectivity index (χ4n) is 4.53. The van der Waals surface area contributed by atoms with Gasteiger partial charge in [-0.1, -0.05) is 0 Å². The van der Waals surface area contributed by atoms with Crippen LogP contribution in [0, 0.1) is 6.92 Å². The molecule has 3 heterocycles. The molecule has 0 aliphatic carbocycles. The van der Waals surface area contributed by atoms with Crippen molar-refractivity contribution < 1.29 is 17.9 Å². The molecule has 0 N–H and O–H groups in total. The van der Waals surface area contributed by atoms with E-state index in [1.165, 1.54) is 0 Å². The summed E-state index contributed by atoms with van der Waals surface area (Å²) in [4.78, 5) is 15.6. The van der Waals surface area contributed by atoms with Gasteiger partial charge in [-0.05, 0) is 74.9 Å². The summed E-state index contributed by atoms with van der Waals surface area (Å²) in [5, 5.41) is 1.08. The van der Waals surface area contributed by atoms with E-state index in [0.29, 0.717) is 29.3 Å². The van der Waals surface area contributed by atoms with Crippen LogP contribution in [0.25, 0.3) is 10.9 Å². The van der Waals surface area contributed by atoms with Gasteiger partial charge < -0.3 is 14.1 Å². The predicted octanol–water partition coefficient (Wildman–Crippen LogP) is 3.90. The van der Waals surface area contributed by atoms with Crippen LogP contribution in [-0.4, -0.2) is 47.8 Å². The summed E-state index contributed by atoms with van der Waals surface area (Å²) in [5.74, 6) is 0.915. The lowest BCUT2D eigenvalue weighted by Crippen LogP contribution is -2.38. The van der Waals surface area contributed by atoms with Gasteiger partial charge in [0.25, 0.3) is 0 Å². The number of aryl methyl sites for hydroxylation is 1. The number of ether oxygens (including phenoxy) is 1. The fourth-order valence-corrected chi connectivity index (χ4v) is 6.20. The molecule has 0 atom stereocenters. The van der Waals surface area contributed by atoms with Crippen LogP contribution in [0.3, 0.4) is 0 Å². The summed E-state index contributed by atoms with van der Waals surface area (Å²) in [6, 6.07) is 7.13. The Labute approximate surface area is 189 Å². The first kappa shape index (κ1) is 22.5. The van der Waals surface area contributed by atoms with Crippen LogP contribution in [0.1, 0.15) is 43.7 Å². The number of aromatic nitrogens is 2. The lowest BCUT2D eigenvalue weighted by molar-refractivity contribution is -0.108. The number of rotatable bonds is 7. The van der Waals surface area contributed by atoms with E-state index in [0.717, 1.165) is 35.6 Å². The highest BCUT2D eigenvalue weighted by molar-refractivity contribution is 7.89. The zero-order chi connectivity index (χ0) is 22.9. The molecule has 170 valence electrons. The van der Waals surface area contributed by atoms with Crippen molar-refractivity contribution in [2.45, 2.75) is 57.1 Å². The van der Waals surface area contributed by atoms with Crippen LogP contribution in [0.5, 0.6) is 5.75 Å². The van der Waals surface area contributed by atoms with Crippen molar-refractivity contribution in [2.75, 3.05) is 13.1 Å². The molecule has 1 aliphatic rings. The number of aldehydes is 1. The standard InChI is InChI=1S/C24H29N3O4S/c1-17(2)31-20-4-5-24(18(3)14-20)32(29,30)27-10-7-19(8-11-27)22-16-26(12-13-28)23-15-25-9-6-21(22)23/h4-6,9,13-17,19H,7-8,10-12H2,1-3H3. The van der Waals surface area contributed by atoms with E-state index in [-0.39, 0.29) is 18.6 Å². The molecule has 0 bridgehead atoms. The molecule has 0 radical (unpaired) electrons. The summed E-state index contributed by atoms with van der Waals surface area (Å²) in [6.07, 6.45) is 7.93. The molecule has 1 aliphatic heterocycles. The Kier molecular flexibility index (Phi) is 6.35. The Balaban J connectivity index is 1.53. The second-order valence-corrected chi connectivity index (χ2v) is 10.5. The molecule has 1 fully saturated rings. The van der Waals surface area contributed by atoms with E-state index in [1.807, 2.05) is 37.6 Å². The fraction of sp³-hybridized carbons (Fsp3) is 0.417. The normalized spacial score (nSPS) is 16.0. The van der Waals surface area contributed by atoms with E-state index in [2.05, 4.69) is 4.98 Å². The van der Waals surface area contributed by atoms with Crippen molar-refractivity contribution in [1.29, 1.82) is 0 Å². The predicted molar refractivity (Wildman–Crippen MR) is 123 cm³/mol. The highest BCUT2D eigenvalue weighted by atomic mass is 32.2. The van der Waals surface area contributed by atoms with Crippen molar-refractivity contribution in [2.24, 2.45) is 0 Å². The summed E-state index contributed by atoms with van der Waals surface area (Å²) >= 11 is 0. The number of sulfonamides is 1. The number of pyridine rings is 1. The Bertz CT molecular complexity index is 1230. The Morgan fingerprint density at radius 3 is 2.62 bits per heavy atom. The molecule has 32 heavy (non-hydrogen) atoms. The van der Waals surface area contributed by atoms with Gasteiger partial charge >= 0.3 is 0 Å². The van der Waals surface area contributed by atoms with E-state index < -0.39 is 10.0 Å². The lowest BCUT2D eigenvalue weighted by Gasteiger charge is -2.31. The molecule has 0 unspecified atom stereocenters. The largest absolute Gasteiger partial charge is 0.491 e. The Morgan fingerprint density at radius 2 is 1.97 bits per heavy atom. The molecule has 0 spiro atoms. The minimum Gasteiger partial charge on any atom is -0.491 e. The zero-order valence-corrected chi connectivity index (χ0v) is 19.5. The van der Waals surface area contributed by atoms with Crippen LogP contribution in [-0.2, 0) is 21.4 Å². The molecule has 1 saturated heterocycles. The zero-order valence-electron chi connectivity index (χ0n) is 18.7. The second kappa shape index (κ2) is 9.03. The van der Waals surface area contributed by atoms with Crippen LogP contribution < -0.4 is 4.74 Å². The second-order valence-electron chi connectivity index (χ2n) is 8.57. The SMILES string of the molecule is Cc1cc(OC(C)C)ccc1S(=O)(=O)N1CCC(c2cn(CC=O)c3cnccc23)CC1. The van der Waals surface area contributed by atoms with Crippen molar-refractivity contribution in [3.05, 3.63) is 54.0 Å². The number of nitrogens with zero attached hydrogens (tertiary/aromatic N) is 3. The van der Waals surface area contributed by atoms with E-state index in [1.54, 1.807) is 34.9 Å². The van der Waals surface area contributed by atoms with Crippen LogP contribution in [0.4, 0.5) is 0 Å². The van der Waals surface area contributed by atoms with Gasteiger partial charge in [0.1, 0.15) is 12.0 Å². The van der Waals surface area contributed by atoms with Crippen molar-refractivity contribution >= 4 is 27.2 Å². The topological polar surface area (TPSA) is 81.5 Å². The third-order valence-corrected chi connectivity index (χ3v) is 8.08. The Morgan fingerprint density at radius 1 is 1.22 bits per heavy atom. The molecule has 0 amide bonds. The first-order valence-corrected chi connectivity index (χ1v) is 12.4. The van der Waals surface area contributed by atoms with Gasteiger partial charge in [-0.25, -0.2) is 8.42 Å². The van der Waals surface area contributed by atoms with Gasteiger partial charge in [-0.3, -0.25) is 4.98 Å². The third kappa shape index (κ3) is 4.29. The Hall–Kier alpha value is -2.71. The maximum atomic E-state index is 13.3. The molecule has 2 aromatic heterocycles. The molecule has 8 heteroatoms. The lowest BCUT2D eigenvalue weighted by atomic mass is 9.90. The first-order valence-electron chi connectivity index (χ1n) is 10.9. The minimum atomic E-state index is -3.57. The average molecular weight is 456 g/mol. The van der Waals surface area contributed by atoms with Crippen molar-refractivity contribution in [3.63, 3.8) is 0 Å². The maximum Gasteiger partial charge on any atom is 0.243 e. The van der Waals surface area contributed by atoms with Crippen LogP contribution in [0.2, 0.25) is 0 Å². The van der Waals surface area contributed by atoms with Crippen molar-refractivity contribution in [3.8, 4) is 5.75 Å². The van der Waals surface area contributed by atoms with E-state index in [4.69, 9.17) is 4.74 Å². The summed E-state index contributed by atoms with van der Waals surface area (Å²) in [7, 11) is -3.57. The van der Waals surface area contributed by atoms with Gasteiger partial charge in [-0.2, -0.15) is 4.31 Å². The highest BCUT2D eigenvalue weighted by Gasteiger charge is 2.32. The number of piperidine rings is 1. The smallest absolute Gasteiger partial charge is 0.243 e. The average Bonchev–Trinajstić information content (AvgIpc) is 3.12. The van der Waals surface area contributed by atoms with Crippen LogP contribution in [0.15, 0.2) is 47.8 Å². The van der Waals surface area contributed by atoms with Gasteiger partial charge in [-0.15, -0.1) is 0 Å². The van der Waals surface area contributed by atoms with E-state index in [9.17, 15) is 13.2 Å². The molecular formula is C24H29N3O4S. The first-order chi connectivity index (χ1) is 15.3. The maximum absolute atomic E-state index is 13.3. The summed E-state index contributed by atoms with van der Waals surface area (Å²) < 4.78 is 35.8. The monoisotopic (exact) mass is 455 g/mol. The van der Waals surface area contributed by atoms with Gasteiger partial charge in [0, 0.05) is 30.9 Å². The molecule has 4 rings (SSSR count). The number of benzene rings is 1. The summed E-state index contributed by atoms with van der Waals surface area (Å²) in [6.45, 7) is 6.90. The molecule has 1 aromatic carbocycles. The van der Waals surface area contributed by atoms with Crippen molar-refractivity contribution in [1.82, 2.24) is 13.9 Å². The molecular weight excluding hydrogens is 426 g/mol. The quantitative estimate of drug-likeness (QED) is 0.505. The van der Waals surface area contributed by atoms with Gasteiger partial charge in [0.05, 0.1) is 29.3 Å². The number of hydrogen-bond donors (Lipinski definition) is 0. The van der Waals surface area contributed by atoms with E-state index >= 15 is 0 Å². The number of fused-ring (bicyclic) bond motifs is 1. The highest BCUT2D eigenvalue weighted by Crippen LogP contribution is 2.36. The summed E-state index contributed by atoms with van der Waals surface area (Å²) in [5.41, 5.74) is 2.78. The molecule has 7 nitrogen and oxygen atoms in total. The van der Waals surface area contributed by atoms with Gasteiger partial charge in [0.2, 0.25) is 10.0 Å². The molecule has 3 aromatic rings.